The van der Waals surface area contributed by atoms with Crippen molar-refractivity contribution in [3.63, 3.8) is 0 Å². The molecule has 5 nitrogen and oxygen atoms in total. The van der Waals surface area contributed by atoms with E-state index in [4.69, 9.17) is 0 Å². The van der Waals surface area contributed by atoms with E-state index in [2.05, 4.69) is 27.9 Å². The third-order valence-electron chi connectivity index (χ3n) is 4.36. The molecule has 0 bridgehead atoms. The largest absolute Gasteiger partial charge is 0.316 e. The maximum atomic E-state index is 12.3. The van der Waals surface area contributed by atoms with Crippen molar-refractivity contribution >= 4 is 24.1 Å². The Hall–Kier alpha value is -1.85. The summed E-state index contributed by atoms with van der Waals surface area (Å²) in [6, 6.07) is 12.2. The van der Waals surface area contributed by atoms with Crippen LogP contribution in [-0.2, 0) is 17.8 Å². The summed E-state index contributed by atoms with van der Waals surface area (Å²) >= 11 is 0. The lowest BCUT2D eigenvalue weighted by Gasteiger charge is -2.31. The van der Waals surface area contributed by atoms with Gasteiger partial charge in [0.25, 0.3) is 0 Å². The summed E-state index contributed by atoms with van der Waals surface area (Å²) in [7, 11) is 0. The molecule has 23 heavy (non-hydrogen) atoms. The fraction of sp³-hybridized carbons (Fsp3) is 0.412. The lowest BCUT2D eigenvalue weighted by Crippen LogP contribution is -2.48. The molecule has 0 aliphatic carbocycles. The number of benzene rings is 1. The Balaban J connectivity index is 0.00000192. The van der Waals surface area contributed by atoms with Crippen LogP contribution in [0.4, 0.5) is 5.82 Å². The van der Waals surface area contributed by atoms with Crippen LogP contribution in [0, 0.1) is 11.8 Å². The first-order valence-electron chi connectivity index (χ1n) is 7.81. The van der Waals surface area contributed by atoms with Crippen LogP contribution in [0.2, 0.25) is 0 Å². The van der Waals surface area contributed by atoms with E-state index >= 15 is 0 Å². The quantitative estimate of drug-likeness (QED) is 0.852. The van der Waals surface area contributed by atoms with Crippen molar-refractivity contribution in [3.05, 3.63) is 48.2 Å². The lowest BCUT2D eigenvalue weighted by molar-refractivity contribution is -0.121. The first-order chi connectivity index (χ1) is 10.7. The molecular formula is C17H23ClN4O. The van der Waals surface area contributed by atoms with E-state index in [1.54, 1.807) is 6.20 Å². The van der Waals surface area contributed by atoms with Gasteiger partial charge in [-0.15, -0.1) is 12.4 Å². The number of halogens is 1. The summed E-state index contributed by atoms with van der Waals surface area (Å²) < 4.78 is 1.86. The minimum atomic E-state index is 0. The van der Waals surface area contributed by atoms with Crippen molar-refractivity contribution < 1.29 is 4.79 Å². The van der Waals surface area contributed by atoms with Crippen molar-refractivity contribution in [1.29, 1.82) is 0 Å². The molecule has 124 valence electrons. The molecule has 1 fully saturated rings. The van der Waals surface area contributed by atoms with Crippen molar-refractivity contribution in [2.75, 3.05) is 18.4 Å². The number of carbonyl (C=O) groups excluding carboxylic acids is 1. The zero-order valence-corrected chi connectivity index (χ0v) is 14.1. The number of carbonyl (C=O) groups is 1. The van der Waals surface area contributed by atoms with Crippen molar-refractivity contribution in [3.8, 4) is 0 Å². The third kappa shape index (κ3) is 4.33. The maximum absolute atomic E-state index is 12.3. The number of nitrogens with zero attached hydrogens (tertiary/aromatic N) is 2. The molecular weight excluding hydrogens is 312 g/mol. The highest BCUT2D eigenvalue weighted by Gasteiger charge is 2.29. The second kappa shape index (κ2) is 8.13. The number of hydrogen-bond acceptors (Lipinski definition) is 3. The van der Waals surface area contributed by atoms with Gasteiger partial charge < -0.3 is 10.6 Å². The van der Waals surface area contributed by atoms with Gasteiger partial charge in [-0.25, -0.2) is 4.68 Å². The van der Waals surface area contributed by atoms with Crippen LogP contribution in [-0.4, -0.2) is 28.8 Å². The first kappa shape index (κ1) is 17.5. The van der Waals surface area contributed by atoms with Crippen LogP contribution in [0.3, 0.4) is 0 Å². The van der Waals surface area contributed by atoms with Gasteiger partial charge in [0.15, 0.2) is 0 Å². The lowest BCUT2D eigenvalue weighted by atomic mass is 9.88. The minimum absolute atomic E-state index is 0. The highest BCUT2D eigenvalue weighted by atomic mass is 35.5. The molecule has 1 unspecified atom stereocenters. The van der Waals surface area contributed by atoms with E-state index in [9.17, 15) is 4.79 Å². The molecule has 1 amide bonds. The van der Waals surface area contributed by atoms with Crippen LogP contribution < -0.4 is 10.6 Å². The number of anilines is 1. The SMILES string of the molecule is CC(C(=O)Nc1ccnn1CCc1ccccc1)C1CNC1.Cl. The van der Waals surface area contributed by atoms with Crippen LogP contribution in [0.25, 0.3) is 0 Å². The average Bonchev–Trinajstić information content (AvgIpc) is 2.91. The number of nitrogens with one attached hydrogen (secondary N) is 2. The van der Waals surface area contributed by atoms with E-state index < -0.39 is 0 Å². The predicted molar refractivity (Wildman–Crippen MR) is 93.8 cm³/mol. The second-order valence-corrected chi connectivity index (χ2v) is 5.87. The molecule has 0 spiro atoms. The summed E-state index contributed by atoms with van der Waals surface area (Å²) in [4.78, 5) is 12.3. The zero-order chi connectivity index (χ0) is 15.4. The Morgan fingerprint density at radius 2 is 2.09 bits per heavy atom. The van der Waals surface area contributed by atoms with E-state index in [1.807, 2.05) is 35.9 Å². The maximum Gasteiger partial charge on any atom is 0.228 e. The summed E-state index contributed by atoms with van der Waals surface area (Å²) in [5, 5.41) is 10.5. The van der Waals surface area contributed by atoms with Crippen LogP contribution >= 0.6 is 12.4 Å². The van der Waals surface area contributed by atoms with Crippen molar-refractivity contribution in [2.45, 2.75) is 19.9 Å². The Morgan fingerprint density at radius 1 is 1.35 bits per heavy atom. The minimum Gasteiger partial charge on any atom is -0.316 e. The van der Waals surface area contributed by atoms with Gasteiger partial charge in [0.1, 0.15) is 5.82 Å². The second-order valence-electron chi connectivity index (χ2n) is 5.87. The molecule has 2 N–H and O–H groups in total. The molecule has 0 saturated carbocycles. The smallest absolute Gasteiger partial charge is 0.228 e. The molecule has 1 aromatic carbocycles. The summed E-state index contributed by atoms with van der Waals surface area (Å²) in [6.07, 6.45) is 2.63. The topological polar surface area (TPSA) is 59.0 Å². The predicted octanol–water partition coefficient (Wildman–Crippen LogP) is 2.34. The summed E-state index contributed by atoms with van der Waals surface area (Å²) in [6.45, 7) is 4.61. The molecule has 1 aliphatic heterocycles. The molecule has 1 aromatic heterocycles. The molecule has 1 saturated heterocycles. The van der Waals surface area contributed by atoms with Gasteiger partial charge in [-0.05, 0) is 31.0 Å². The van der Waals surface area contributed by atoms with E-state index in [-0.39, 0.29) is 24.2 Å². The Labute approximate surface area is 142 Å². The fourth-order valence-corrected chi connectivity index (χ4v) is 2.62. The summed E-state index contributed by atoms with van der Waals surface area (Å²) in [5.41, 5.74) is 1.27. The van der Waals surface area contributed by atoms with Gasteiger partial charge in [0.05, 0.1) is 6.20 Å². The normalized spacial score (nSPS) is 15.3. The molecule has 2 heterocycles. The van der Waals surface area contributed by atoms with Gasteiger partial charge >= 0.3 is 0 Å². The van der Waals surface area contributed by atoms with Crippen LogP contribution in [0.5, 0.6) is 0 Å². The molecule has 2 aromatic rings. The van der Waals surface area contributed by atoms with E-state index in [0.717, 1.165) is 31.9 Å². The van der Waals surface area contributed by atoms with Gasteiger partial charge in [0.2, 0.25) is 5.91 Å². The number of aromatic nitrogens is 2. The van der Waals surface area contributed by atoms with Gasteiger partial charge in [-0.1, -0.05) is 37.3 Å². The number of rotatable bonds is 6. The molecule has 0 radical (unpaired) electrons. The third-order valence-corrected chi connectivity index (χ3v) is 4.36. The van der Waals surface area contributed by atoms with E-state index in [0.29, 0.717) is 5.92 Å². The number of amides is 1. The standard InChI is InChI=1S/C17H22N4O.ClH/c1-13(15-11-18-12-15)17(22)20-16-7-9-19-21(16)10-8-14-5-3-2-4-6-14;/h2-7,9,13,15,18H,8,10-12H2,1H3,(H,20,22);1H. The highest BCUT2D eigenvalue weighted by Crippen LogP contribution is 2.18. The number of hydrogen-bond donors (Lipinski definition) is 2. The molecule has 1 aliphatic rings. The fourth-order valence-electron chi connectivity index (χ4n) is 2.62. The Bertz CT molecular complexity index is 625. The molecule has 1 atom stereocenters. The molecule has 6 heteroatoms. The Morgan fingerprint density at radius 3 is 2.74 bits per heavy atom. The van der Waals surface area contributed by atoms with Crippen LogP contribution in [0.15, 0.2) is 42.6 Å². The van der Waals surface area contributed by atoms with Crippen molar-refractivity contribution in [1.82, 2.24) is 15.1 Å². The van der Waals surface area contributed by atoms with Crippen molar-refractivity contribution in [2.24, 2.45) is 11.8 Å². The highest BCUT2D eigenvalue weighted by molar-refractivity contribution is 5.91. The average molecular weight is 335 g/mol. The monoisotopic (exact) mass is 334 g/mol. The van der Waals surface area contributed by atoms with Gasteiger partial charge in [0, 0.05) is 18.5 Å². The van der Waals surface area contributed by atoms with Gasteiger partial charge in [-0.3, -0.25) is 4.79 Å². The molecule has 3 rings (SSSR count). The van der Waals surface area contributed by atoms with Gasteiger partial charge in [-0.2, -0.15) is 5.10 Å². The first-order valence-corrected chi connectivity index (χ1v) is 7.81. The van der Waals surface area contributed by atoms with E-state index in [1.165, 1.54) is 5.56 Å². The number of aryl methyl sites for hydroxylation is 2. The summed E-state index contributed by atoms with van der Waals surface area (Å²) in [5.74, 6) is 1.33. The Kier molecular flexibility index (Phi) is 6.19. The zero-order valence-electron chi connectivity index (χ0n) is 13.2. The van der Waals surface area contributed by atoms with Crippen LogP contribution in [0.1, 0.15) is 12.5 Å².